The van der Waals surface area contributed by atoms with E-state index in [0.29, 0.717) is 0 Å². The third-order valence-corrected chi connectivity index (χ3v) is 2.79. The summed E-state index contributed by atoms with van der Waals surface area (Å²) in [6.45, 7) is -0.540. The Morgan fingerprint density at radius 2 is 1.43 bits per heavy atom. The average molecular weight is 204 g/mol. The lowest BCUT2D eigenvalue weighted by Gasteiger charge is -2.21. The second-order valence-corrected chi connectivity index (χ2v) is 3.38. The van der Waals surface area contributed by atoms with Crippen LogP contribution < -0.4 is 0 Å². The summed E-state index contributed by atoms with van der Waals surface area (Å²) < 4.78 is 10.2. The molecule has 1 fully saturated rings. The van der Waals surface area contributed by atoms with Crippen LogP contribution in [0.15, 0.2) is 0 Å². The molecular weight excluding hydrogens is 188 g/mol. The van der Waals surface area contributed by atoms with Crippen LogP contribution in [0.3, 0.4) is 0 Å². The molecule has 1 aliphatic rings. The van der Waals surface area contributed by atoms with Gasteiger partial charge in [0.1, 0.15) is 5.78 Å². The molecule has 5 nitrogen and oxygen atoms in total. The maximum absolute atomic E-state index is 11.6. The molecule has 0 aromatic rings. The number of methoxy groups -OCH3 is 2. The smallest absolute Gasteiger partial charge is 0.149 e. The van der Waals surface area contributed by atoms with Crippen LogP contribution in [0.1, 0.15) is 0 Å². The Bertz CT molecular complexity index is 185. The number of aliphatic hydroxyl groups is 2. The van der Waals surface area contributed by atoms with E-state index in [2.05, 4.69) is 0 Å². The average Bonchev–Trinajstić information content (AvgIpc) is 2.48. The predicted molar refractivity (Wildman–Crippen MR) is 47.8 cm³/mol. The van der Waals surface area contributed by atoms with Crippen LogP contribution in [0.25, 0.3) is 0 Å². The third-order valence-electron chi connectivity index (χ3n) is 2.79. The summed E-state index contributed by atoms with van der Waals surface area (Å²) in [5.74, 6) is -1.35. The van der Waals surface area contributed by atoms with Crippen molar-refractivity contribution in [2.75, 3.05) is 27.4 Å². The van der Waals surface area contributed by atoms with E-state index >= 15 is 0 Å². The van der Waals surface area contributed by atoms with E-state index in [1.165, 1.54) is 14.2 Å². The molecule has 0 radical (unpaired) electrons. The van der Waals surface area contributed by atoms with Crippen LogP contribution in [-0.2, 0) is 14.3 Å². The molecular formula is C9H16O5. The predicted octanol–water partition coefficient (Wildman–Crippen LogP) is -1.18. The number of carbonyl (C=O) groups excluding carboxylic acids is 1. The number of rotatable bonds is 4. The first-order valence-electron chi connectivity index (χ1n) is 4.52. The van der Waals surface area contributed by atoms with E-state index in [-0.39, 0.29) is 19.0 Å². The maximum atomic E-state index is 11.6. The molecule has 0 aromatic carbocycles. The highest BCUT2D eigenvalue weighted by molar-refractivity contribution is 5.87. The van der Waals surface area contributed by atoms with Gasteiger partial charge < -0.3 is 19.7 Å². The molecule has 0 spiro atoms. The van der Waals surface area contributed by atoms with Crippen LogP contribution >= 0.6 is 0 Å². The number of aliphatic hydroxyl groups excluding tert-OH is 2. The summed E-state index contributed by atoms with van der Waals surface area (Å²) in [7, 11) is 2.93. The zero-order valence-electron chi connectivity index (χ0n) is 8.34. The number of carbonyl (C=O) groups is 1. The molecule has 1 saturated carbocycles. The summed E-state index contributed by atoms with van der Waals surface area (Å²) in [4.78, 5) is 11.6. The van der Waals surface area contributed by atoms with E-state index in [0.717, 1.165) is 0 Å². The van der Waals surface area contributed by atoms with Crippen molar-refractivity contribution in [3.05, 3.63) is 0 Å². The molecule has 82 valence electrons. The van der Waals surface area contributed by atoms with E-state index in [9.17, 15) is 4.79 Å². The molecule has 1 rings (SSSR count). The van der Waals surface area contributed by atoms with Gasteiger partial charge in [-0.1, -0.05) is 0 Å². The summed E-state index contributed by atoms with van der Waals surface area (Å²) in [6.07, 6.45) is -0.927. The lowest BCUT2D eigenvalue weighted by atomic mass is 10.0. The fraction of sp³-hybridized carbons (Fsp3) is 0.889. The van der Waals surface area contributed by atoms with E-state index in [4.69, 9.17) is 19.7 Å². The fourth-order valence-electron chi connectivity index (χ4n) is 2.04. The normalized spacial score (nSPS) is 37.9. The molecule has 0 aliphatic heterocycles. The Balaban J connectivity index is 2.87. The van der Waals surface area contributed by atoms with Crippen molar-refractivity contribution in [2.45, 2.75) is 12.2 Å². The molecule has 4 unspecified atom stereocenters. The second kappa shape index (κ2) is 4.84. The molecule has 0 amide bonds. The van der Waals surface area contributed by atoms with Crippen molar-refractivity contribution < 1.29 is 24.5 Å². The summed E-state index contributed by atoms with van der Waals surface area (Å²) in [5, 5.41) is 18.1. The monoisotopic (exact) mass is 204 g/mol. The zero-order valence-corrected chi connectivity index (χ0v) is 8.34. The first-order chi connectivity index (χ1) is 6.71. The van der Waals surface area contributed by atoms with Gasteiger partial charge in [0, 0.05) is 14.2 Å². The van der Waals surface area contributed by atoms with Crippen LogP contribution in [0.2, 0.25) is 0 Å². The first kappa shape index (κ1) is 11.6. The SMILES string of the molecule is COC1C(CO)C(=O)C(CO)C1OC. The van der Waals surface area contributed by atoms with Crippen LogP contribution in [-0.4, -0.2) is 55.6 Å². The Morgan fingerprint density at radius 1 is 1.07 bits per heavy atom. The molecule has 0 aromatic heterocycles. The minimum Gasteiger partial charge on any atom is -0.396 e. The van der Waals surface area contributed by atoms with Gasteiger partial charge in [0.15, 0.2) is 0 Å². The van der Waals surface area contributed by atoms with Gasteiger partial charge in [0.25, 0.3) is 0 Å². The van der Waals surface area contributed by atoms with Gasteiger partial charge in [0.05, 0.1) is 37.3 Å². The summed E-state index contributed by atoms with van der Waals surface area (Å²) >= 11 is 0. The van der Waals surface area contributed by atoms with Crippen LogP contribution in [0, 0.1) is 11.8 Å². The molecule has 0 heterocycles. The van der Waals surface area contributed by atoms with Gasteiger partial charge in [-0.05, 0) is 0 Å². The Morgan fingerprint density at radius 3 is 1.64 bits per heavy atom. The molecule has 14 heavy (non-hydrogen) atoms. The lowest BCUT2D eigenvalue weighted by molar-refractivity contribution is -0.127. The number of hydrogen-bond acceptors (Lipinski definition) is 5. The zero-order chi connectivity index (χ0) is 10.7. The summed E-state index contributed by atoms with van der Waals surface area (Å²) in [5.41, 5.74) is 0. The van der Waals surface area contributed by atoms with Crippen molar-refractivity contribution in [3.8, 4) is 0 Å². The van der Waals surface area contributed by atoms with Crippen molar-refractivity contribution >= 4 is 5.78 Å². The highest BCUT2D eigenvalue weighted by Gasteiger charge is 2.50. The summed E-state index contributed by atoms with van der Waals surface area (Å²) in [6, 6.07) is 0. The van der Waals surface area contributed by atoms with E-state index < -0.39 is 24.0 Å². The van der Waals surface area contributed by atoms with Crippen molar-refractivity contribution in [2.24, 2.45) is 11.8 Å². The van der Waals surface area contributed by atoms with Crippen molar-refractivity contribution in [1.29, 1.82) is 0 Å². The molecule has 4 atom stereocenters. The van der Waals surface area contributed by atoms with Gasteiger partial charge >= 0.3 is 0 Å². The maximum Gasteiger partial charge on any atom is 0.149 e. The van der Waals surface area contributed by atoms with Gasteiger partial charge in [-0.3, -0.25) is 4.79 Å². The van der Waals surface area contributed by atoms with Crippen molar-refractivity contribution in [1.82, 2.24) is 0 Å². The third kappa shape index (κ3) is 1.68. The number of ketones is 1. The minimum atomic E-state index is -0.581. The van der Waals surface area contributed by atoms with E-state index in [1.807, 2.05) is 0 Å². The lowest BCUT2D eigenvalue weighted by Crippen LogP contribution is -2.34. The van der Waals surface area contributed by atoms with Gasteiger partial charge in [-0.2, -0.15) is 0 Å². The van der Waals surface area contributed by atoms with Crippen LogP contribution in [0.5, 0.6) is 0 Å². The van der Waals surface area contributed by atoms with E-state index in [1.54, 1.807) is 0 Å². The molecule has 0 saturated heterocycles. The minimum absolute atomic E-state index is 0.186. The van der Waals surface area contributed by atoms with Gasteiger partial charge in [0.2, 0.25) is 0 Å². The number of ether oxygens (including phenoxy) is 2. The van der Waals surface area contributed by atoms with Crippen LogP contribution in [0.4, 0.5) is 0 Å². The highest BCUT2D eigenvalue weighted by atomic mass is 16.5. The molecule has 2 N–H and O–H groups in total. The molecule has 1 aliphatic carbocycles. The Hall–Kier alpha value is -0.490. The number of Topliss-reactive ketones (excluding diaryl/α,β-unsaturated/α-hetero) is 1. The number of hydrogen-bond donors (Lipinski definition) is 2. The second-order valence-electron chi connectivity index (χ2n) is 3.38. The molecule has 0 bridgehead atoms. The Kier molecular flexibility index (Phi) is 4.00. The van der Waals surface area contributed by atoms with Gasteiger partial charge in [-0.15, -0.1) is 0 Å². The van der Waals surface area contributed by atoms with Gasteiger partial charge in [-0.25, -0.2) is 0 Å². The standard InChI is InChI=1S/C9H16O5/c1-13-8-5(3-10)7(12)6(4-11)9(8)14-2/h5-6,8-11H,3-4H2,1-2H3. The van der Waals surface area contributed by atoms with Crippen molar-refractivity contribution in [3.63, 3.8) is 0 Å². The first-order valence-corrected chi connectivity index (χ1v) is 4.52. The Labute approximate surface area is 82.6 Å². The quantitative estimate of drug-likeness (QED) is 0.602. The largest absolute Gasteiger partial charge is 0.396 e. The topological polar surface area (TPSA) is 76.0 Å². The molecule has 5 heteroatoms. The fourth-order valence-corrected chi connectivity index (χ4v) is 2.04. The highest BCUT2D eigenvalue weighted by Crippen LogP contribution is 2.31.